The zero-order valence-electron chi connectivity index (χ0n) is 16.5. The van der Waals surface area contributed by atoms with Gasteiger partial charge in [-0.1, -0.05) is 42.0 Å². The van der Waals surface area contributed by atoms with Crippen LogP contribution >= 0.6 is 11.8 Å². The van der Waals surface area contributed by atoms with Crippen LogP contribution in [0.15, 0.2) is 48.5 Å². The monoisotopic (exact) mass is 400 g/mol. The predicted octanol–water partition coefficient (Wildman–Crippen LogP) is 4.40. The van der Waals surface area contributed by atoms with Crippen molar-refractivity contribution >= 4 is 17.7 Å². The molecule has 2 aromatic carbocycles. The Labute approximate surface area is 171 Å². The Bertz CT molecular complexity index is 748. The number of piperidine rings is 1. The number of nitrogens with one attached hydrogen (secondary N) is 1. The molecule has 1 fully saturated rings. The van der Waals surface area contributed by atoms with E-state index in [0.717, 1.165) is 49.5 Å². The number of likely N-dealkylation sites (tertiary alicyclic amines) is 1. The highest BCUT2D eigenvalue weighted by molar-refractivity contribution is 7.98. The number of nitrogens with zero attached hydrogens (tertiary/aromatic N) is 1. The van der Waals surface area contributed by atoms with Gasteiger partial charge in [0.2, 0.25) is 5.91 Å². The number of rotatable bonds is 8. The molecule has 0 saturated carbocycles. The van der Waals surface area contributed by atoms with Gasteiger partial charge in [-0.05, 0) is 49.6 Å². The fourth-order valence-electron chi connectivity index (χ4n) is 3.53. The summed E-state index contributed by atoms with van der Waals surface area (Å²) in [6.45, 7) is 5.35. The number of benzene rings is 2. The number of thioether (sulfide) groups is 1. The molecule has 1 saturated heterocycles. The zero-order chi connectivity index (χ0) is 19.8. The first-order valence-electron chi connectivity index (χ1n) is 9.98. The summed E-state index contributed by atoms with van der Waals surface area (Å²) in [6, 6.07) is 15.2. The largest absolute Gasteiger partial charge is 0.355 e. The molecule has 0 radical (unpaired) electrons. The summed E-state index contributed by atoms with van der Waals surface area (Å²) in [6.07, 6.45) is 1.98. The molecule has 3 rings (SSSR count). The number of carbonyl (C=O) groups excluding carboxylic acids is 1. The van der Waals surface area contributed by atoms with Gasteiger partial charge in [-0.3, -0.25) is 9.69 Å². The van der Waals surface area contributed by atoms with Crippen LogP contribution < -0.4 is 5.32 Å². The molecule has 1 amide bonds. The Kier molecular flexibility index (Phi) is 7.92. The van der Waals surface area contributed by atoms with Crippen LogP contribution in [0.3, 0.4) is 0 Å². The van der Waals surface area contributed by atoms with E-state index in [4.69, 9.17) is 0 Å². The van der Waals surface area contributed by atoms with Gasteiger partial charge in [0.25, 0.3) is 0 Å². The van der Waals surface area contributed by atoms with Gasteiger partial charge >= 0.3 is 0 Å². The molecule has 2 aromatic rings. The lowest BCUT2D eigenvalue weighted by atomic mass is 9.96. The van der Waals surface area contributed by atoms with Gasteiger partial charge in [-0.25, -0.2) is 4.39 Å². The van der Waals surface area contributed by atoms with Gasteiger partial charge in [0.1, 0.15) is 5.82 Å². The predicted molar refractivity (Wildman–Crippen MR) is 115 cm³/mol. The molecule has 1 unspecified atom stereocenters. The van der Waals surface area contributed by atoms with Gasteiger partial charge in [0, 0.05) is 31.1 Å². The highest BCUT2D eigenvalue weighted by atomic mass is 32.2. The Morgan fingerprint density at radius 2 is 1.86 bits per heavy atom. The van der Waals surface area contributed by atoms with Crippen molar-refractivity contribution in [3.05, 3.63) is 71.0 Å². The average molecular weight is 401 g/mol. The van der Waals surface area contributed by atoms with Crippen LogP contribution in [0, 0.1) is 18.7 Å². The minimum Gasteiger partial charge on any atom is -0.355 e. The smallest absolute Gasteiger partial charge is 0.224 e. The highest BCUT2D eigenvalue weighted by Crippen LogP contribution is 2.19. The van der Waals surface area contributed by atoms with E-state index < -0.39 is 0 Å². The minimum atomic E-state index is -0.208. The van der Waals surface area contributed by atoms with E-state index >= 15 is 0 Å². The lowest BCUT2D eigenvalue weighted by Gasteiger charge is -2.32. The molecule has 1 atom stereocenters. The molecule has 0 spiro atoms. The van der Waals surface area contributed by atoms with E-state index in [1.165, 1.54) is 23.3 Å². The topological polar surface area (TPSA) is 32.3 Å². The van der Waals surface area contributed by atoms with Crippen LogP contribution in [0.25, 0.3) is 0 Å². The van der Waals surface area contributed by atoms with Crippen molar-refractivity contribution in [3.8, 4) is 0 Å². The molecule has 0 aliphatic carbocycles. The number of amides is 1. The minimum absolute atomic E-state index is 0.0521. The van der Waals surface area contributed by atoms with E-state index in [1.54, 1.807) is 0 Å². The van der Waals surface area contributed by atoms with Crippen molar-refractivity contribution in [3.63, 3.8) is 0 Å². The normalized spacial score (nSPS) is 17.4. The van der Waals surface area contributed by atoms with Crippen molar-refractivity contribution in [1.29, 1.82) is 0 Å². The van der Waals surface area contributed by atoms with Crippen molar-refractivity contribution in [2.75, 3.05) is 25.4 Å². The number of halogens is 1. The molecule has 3 nitrogen and oxygen atoms in total. The summed E-state index contributed by atoms with van der Waals surface area (Å²) in [4.78, 5) is 14.8. The Hall–Kier alpha value is -1.85. The van der Waals surface area contributed by atoms with E-state index in [2.05, 4.69) is 41.4 Å². The van der Waals surface area contributed by atoms with Gasteiger partial charge in [-0.2, -0.15) is 11.8 Å². The van der Waals surface area contributed by atoms with Crippen molar-refractivity contribution in [2.45, 2.75) is 32.1 Å². The van der Waals surface area contributed by atoms with Crippen molar-refractivity contribution < 1.29 is 9.18 Å². The van der Waals surface area contributed by atoms with Crippen LogP contribution in [0.5, 0.6) is 0 Å². The fraction of sp³-hybridized carbons (Fsp3) is 0.435. The van der Waals surface area contributed by atoms with Gasteiger partial charge in [0.05, 0.1) is 5.92 Å². The molecule has 1 aliphatic rings. The number of hydrogen-bond donors (Lipinski definition) is 1. The van der Waals surface area contributed by atoms with Gasteiger partial charge in [-0.15, -0.1) is 0 Å². The number of carbonyl (C=O) groups is 1. The molecule has 0 bridgehead atoms. The van der Waals surface area contributed by atoms with E-state index in [9.17, 15) is 9.18 Å². The third kappa shape index (κ3) is 6.64. The second-order valence-corrected chi connectivity index (χ2v) is 8.64. The maximum Gasteiger partial charge on any atom is 0.224 e. The van der Waals surface area contributed by atoms with Crippen LogP contribution in [0.2, 0.25) is 0 Å². The summed E-state index contributed by atoms with van der Waals surface area (Å²) < 4.78 is 13.1. The molecular weight excluding hydrogens is 371 g/mol. The standard InChI is InChI=1S/C23H29FN2OS/c1-18-4-6-20(7-5-18)17-28-14-12-25-23(27)21-3-2-13-26(16-21)15-19-8-10-22(24)11-9-19/h4-11,21H,2-3,12-17H2,1H3,(H,25,27). The average Bonchev–Trinajstić information content (AvgIpc) is 2.71. The first kappa shape index (κ1) is 20.9. The number of hydrogen-bond acceptors (Lipinski definition) is 3. The second-order valence-electron chi connectivity index (χ2n) is 7.53. The third-order valence-corrected chi connectivity index (χ3v) is 6.16. The summed E-state index contributed by atoms with van der Waals surface area (Å²) >= 11 is 1.85. The Balaban J connectivity index is 1.35. The van der Waals surface area contributed by atoms with Gasteiger partial charge in [0.15, 0.2) is 0 Å². The first-order chi connectivity index (χ1) is 13.6. The maximum atomic E-state index is 13.1. The number of aryl methyl sites for hydroxylation is 1. The van der Waals surface area contributed by atoms with Crippen molar-refractivity contribution in [1.82, 2.24) is 10.2 Å². The van der Waals surface area contributed by atoms with Crippen LogP contribution in [-0.4, -0.2) is 36.2 Å². The zero-order valence-corrected chi connectivity index (χ0v) is 17.3. The summed E-state index contributed by atoms with van der Waals surface area (Å²) in [7, 11) is 0. The molecule has 1 heterocycles. The summed E-state index contributed by atoms with van der Waals surface area (Å²) in [5.41, 5.74) is 3.70. The first-order valence-corrected chi connectivity index (χ1v) is 11.1. The molecule has 0 aromatic heterocycles. The molecule has 28 heavy (non-hydrogen) atoms. The highest BCUT2D eigenvalue weighted by Gasteiger charge is 2.25. The Morgan fingerprint density at radius 3 is 2.61 bits per heavy atom. The molecule has 1 aliphatic heterocycles. The third-order valence-electron chi connectivity index (χ3n) is 5.13. The van der Waals surface area contributed by atoms with Crippen LogP contribution in [0.4, 0.5) is 4.39 Å². The van der Waals surface area contributed by atoms with Crippen LogP contribution in [-0.2, 0) is 17.1 Å². The second kappa shape index (κ2) is 10.6. The quantitative estimate of drug-likeness (QED) is 0.667. The Morgan fingerprint density at radius 1 is 1.14 bits per heavy atom. The molecule has 150 valence electrons. The summed E-state index contributed by atoms with van der Waals surface area (Å²) in [5.74, 6) is 1.91. The SMILES string of the molecule is Cc1ccc(CSCCNC(=O)C2CCCN(Cc3ccc(F)cc3)C2)cc1. The lowest BCUT2D eigenvalue weighted by molar-refractivity contribution is -0.126. The lowest BCUT2D eigenvalue weighted by Crippen LogP contribution is -2.43. The summed E-state index contributed by atoms with van der Waals surface area (Å²) in [5, 5.41) is 3.10. The van der Waals surface area contributed by atoms with E-state index in [-0.39, 0.29) is 17.6 Å². The van der Waals surface area contributed by atoms with E-state index in [1.807, 2.05) is 23.9 Å². The van der Waals surface area contributed by atoms with Crippen molar-refractivity contribution in [2.24, 2.45) is 5.92 Å². The molecule has 5 heteroatoms. The molecule has 1 N–H and O–H groups in total. The van der Waals surface area contributed by atoms with Gasteiger partial charge < -0.3 is 5.32 Å². The van der Waals surface area contributed by atoms with E-state index in [0.29, 0.717) is 6.54 Å². The maximum absolute atomic E-state index is 13.1. The van der Waals surface area contributed by atoms with Crippen LogP contribution in [0.1, 0.15) is 29.5 Å². The fourth-order valence-corrected chi connectivity index (χ4v) is 4.35. The molecular formula is C23H29FN2OS.